The zero-order valence-electron chi connectivity index (χ0n) is 43.4. The topological polar surface area (TPSA) is 26.3 Å². The third-order valence-corrected chi connectivity index (χ3v) is 17.0. The van der Waals surface area contributed by atoms with Crippen LogP contribution >= 0.6 is 0 Å². The average molecular weight is 1020 g/mol. The summed E-state index contributed by atoms with van der Waals surface area (Å²) in [5, 5.41) is 18.9. The molecule has 0 fully saturated rings. The molecule has 0 bridgehead atoms. The van der Waals surface area contributed by atoms with Crippen LogP contribution in [0.2, 0.25) is 0 Å². The second-order valence-corrected chi connectivity index (χ2v) is 21.4. The van der Waals surface area contributed by atoms with Crippen molar-refractivity contribution in [2.75, 3.05) is 0 Å². The largest absolute Gasteiger partial charge is 0.456 e. The van der Waals surface area contributed by atoms with E-state index >= 15 is 0 Å². The molecule has 2 heterocycles. The fourth-order valence-corrected chi connectivity index (χ4v) is 13.3. The highest BCUT2D eigenvalue weighted by atomic mass is 16.3. The summed E-state index contributed by atoms with van der Waals surface area (Å²) < 4.78 is 13.3. The van der Waals surface area contributed by atoms with Crippen LogP contribution < -0.4 is 0 Å². The van der Waals surface area contributed by atoms with Crippen molar-refractivity contribution in [3.63, 3.8) is 0 Å². The second-order valence-electron chi connectivity index (χ2n) is 21.4. The third-order valence-electron chi connectivity index (χ3n) is 17.0. The van der Waals surface area contributed by atoms with Crippen molar-refractivity contribution in [2.24, 2.45) is 0 Å². The van der Waals surface area contributed by atoms with Crippen LogP contribution in [0.5, 0.6) is 0 Å². The first kappa shape index (κ1) is 44.6. The van der Waals surface area contributed by atoms with Gasteiger partial charge in [-0.15, -0.1) is 0 Å². The highest BCUT2D eigenvalue weighted by Gasteiger charge is 2.22. The lowest BCUT2D eigenvalue weighted by molar-refractivity contribution is 0.669. The van der Waals surface area contributed by atoms with E-state index in [4.69, 9.17) is 8.83 Å². The minimum absolute atomic E-state index is 0.881. The summed E-state index contributed by atoms with van der Waals surface area (Å²) in [6.07, 6.45) is 0. The molecule has 0 N–H and O–H groups in total. The second kappa shape index (κ2) is 17.5. The van der Waals surface area contributed by atoms with Crippen molar-refractivity contribution < 1.29 is 8.83 Å². The number of hydrogen-bond donors (Lipinski definition) is 0. The molecule has 0 amide bonds. The quantitative estimate of drug-likeness (QED) is 0.155. The van der Waals surface area contributed by atoms with Crippen molar-refractivity contribution in [1.82, 2.24) is 0 Å². The molecule has 17 aromatic rings. The molecular formula is C78H46O2. The Morgan fingerprint density at radius 2 is 0.450 bits per heavy atom. The molecular weight excluding hydrogens is 969 g/mol. The first-order valence-electron chi connectivity index (χ1n) is 27.5. The molecule has 0 saturated heterocycles. The van der Waals surface area contributed by atoms with Crippen molar-refractivity contribution in [2.45, 2.75) is 0 Å². The summed E-state index contributed by atoms with van der Waals surface area (Å²) in [4.78, 5) is 0. The summed E-state index contributed by atoms with van der Waals surface area (Å²) >= 11 is 0. The van der Waals surface area contributed by atoms with E-state index in [0.717, 1.165) is 77.3 Å². The molecule has 0 aliphatic rings. The van der Waals surface area contributed by atoms with E-state index in [1.54, 1.807) is 0 Å². The molecule has 80 heavy (non-hydrogen) atoms. The zero-order valence-corrected chi connectivity index (χ0v) is 43.4. The fourth-order valence-electron chi connectivity index (χ4n) is 13.3. The Balaban J connectivity index is 0.873. The van der Waals surface area contributed by atoms with Gasteiger partial charge in [0.05, 0.1) is 0 Å². The lowest BCUT2D eigenvalue weighted by Crippen LogP contribution is -1.93. The summed E-state index contributed by atoms with van der Waals surface area (Å²) in [5.74, 6) is 0. The Hall–Kier alpha value is -10.5. The van der Waals surface area contributed by atoms with E-state index in [1.165, 1.54) is 98.0 Å². The Bertz CT molecular complexity index is 5410. The molecule has 15 aromatic carbocycles. The lowest BCUT2D eigenvalue weighted by atomic mass is 9.83. The Morgan fingerprint density at radius 1 is 0.150 bits per heavy atom. The lowest BCUT2D eigenvalue weighted by Gasteiger charge is -2.20. The maximum atomic E-state index is 6.76. The molecule has 17 rings (SSSR count). The number of furan rings is 2. The van der Waals surface area contributed by atoms with Crippen LogP contribution in [-0.2, 0) is 0 Å². The Labute approximate surface area is 460 Å². The summed E-state index contributed by atoms with van der Waals surface area (Å²) in [6.45, 7) is 0. The van der Waals surface area contributed by atoms with Gasteiger partial charge in [0, 0.05) is 21.5 Å². The molecule has 2 heteroatoms. The van der Waals surface area contributed by atoms with Gasteiger partial charge in [0.25, 0.3) is 0 Å². The summed E-state index contributed by atoms with van der Waals surface area (Å²) in [7, 11) is 0. The van der Waals surface area contributed by atoms with Gasteiger partial charge in [-0.2, -0.15) is 0 Å². The Kier molecular flexibility index (Phi) is 9.75. The number of benzene rings is 15. The molecule has 0 atom stereocenters. The van der Waals surface area contributed by atoms with Gasteiger partial charge in [0.2, 0.25) is 0 Å². The van der Waals surface area contributed by atoms with E-state index in [2.05, 4.69) is 279 Å². The predicted molar refractivity (Wildman–Crippen MR) is 339 cm³/mol. The molecule has 2 aromatic heterocycles. The maximum Gasteiger partial charge on any atom is 0.136 e. The van der Waals surface area contributed by atoms with Crippen LogP contribution in [0, 0.1) is 0 Å². The van der Waals surface area contributed by atoms with Gasteiger partial charge in [-0.3, -0.25) is 0 Å². The van der Waals surface area contributed by atoms with Gasteiger partial charge >= 0.3 is 0 Å². The average Bonchev–Trinajstić information content (AvgIpc) is 4.12. The molecule has 0 radical (unpaired) electrons. The predicted octanol–water partition coefficient (Wildman–Crippen LogP) is 22.4. The van der Waals surface area contributed by atoms with E-state index in [1.807, 2.05) is 0 Å². The van der Waals surface area contributed by atoms with E-state index in [-0.39, 0.29) is 0 Å². The Morgan fingerprint density at radius 3 is 0.950 bits per heavy atom. The summed E-state index contributed by atoms with van der Waals surface area (Å²) in [5.41, 5.74) is 17.7. The molecule has 0 aliphatic heterocycles. The molecule has 0 aliphatic carbocycles. The van der Waals surface area contributed by atoms with Crippen molar-refractivity contribution in [1.29, 1.82) is 0 Å². The number of hydrogen-bond acceptors (Lipinski definition) is 2. The highest BCUT2D eigenvalue weighted by Crippen LogP contribution is 2.49. The van der Waals surface area contributed by atoms with Crippen LogP contribution in [0.1, 0.15) is 0 Å². The monoisotopic (exact) mass is 1010 g/mol. The van der Waals surface area contributed by atoms with Gasteiger partial charge in [-0.05, 0) is 198 Å². The highest BCUT2D eigenvalue weighted by molar-refractivity contribution is 6.25. The molecule has 2 nitrogen and oxygen atoms in total. The summed E-state index contributed by atoms with van der Waals surface area (Å²) in [6, 6.07) is 102. The zero-order chi connectivity index (χ0) is 52.4. The maximum absolute atomic E-state index is 6.76. The molecule has 370 valence electrons. The fraction of sp³-hybridized carbons (Fsp3) is 0. The van der Waals surface area contributed by atoms with E-state index < -0.39 is 0 Å². The van der Waals surface area contributed by atoms with Crippen LogP contribution in [0.4, 0.5) is 0 Å². The van der Waals surface area contributed by atoms with Crippen LogP contribution in [0.25, 0.3) is 175 Å². The molecule has 0 spiro atoms. The third kappa shape index (κ3) is 6.92. The van der Waals surface area contributed by atoms with E-state index in [0.29, 0.717) is 0 Å². The van der Waals surface area contributed by atoms with Crippen LogP contribution in [0.3, 0.4) is 0 Å². The smallest absolute Gasteiger partial charge is 0.136 e. The number of rotatable bonds is 6. The number of fused-ring (bicyclic) bond motifs is 12. The first-order valence-corrected chi connectivity index (χ1v) is 27.5. The van der Waals surface area contributed by atoms with Crippen molar-refractivity contribution in [3.05, 3.63) is 279 Å². The minimum atomic E-state index is 0.881. The minimum Gasteiger partial charge on any atom is -0.456 e. The van der Waals surface area contributed by atoms with Gasteiger partial charge in [0.15, 0.2) is 0 Å². The standard InChI is InChI=1S/C78H46O2/c1-3-16-47(17-4-1)75-61-26-11-14-29-64(61)78(58-33-35-60-68-40-51-21-8-10-23-53(51)44-74(68)80-72(60)46-58)70-42-55(31-36-65(70)75)54-32-37-66-69(41-54)76(48-18-5-2-6-19-48)62-27-12-13-28-63(62)77(66)57-25-15-24-49(38-57)56-30-34-59-67-39-50-20-7-9-22-52(50)43-73(67)79-71(59)45-56/h1-46H. The van der Waals surface area contributed by atoms with Gasteiger partial charge in [-0.1, -0.05) is 212 Å². The molecule has 0 unspecified atom stereocenters. The van der Waals surface area contributed by atoms with Crippen LogP contribution in [0.15, 0.2) is 288 Å². The van der Waals surface area contributed by atoms with E-state index in [9.17, 15) is 0 Å². The SMILES string of the molecule is c1ccc(-c2c3ccccc3c(-c3ccc4c(c3)oc3cc5ccccc5cc34)c3cc(-c4ccc5c(-c6cccc(-c7ccc8c(c7)oc7cc9ccccc9cc78)c6)c6ccccc6c(-c6ccccc6)c5c4)ccc23)cc1. The van der Waals surface area contributed by atoms with Crippen molar-refractivity contribution >= 4 is 109 Å². The van der Waals surface area contributed by atoms with Crippen molar-refractivity contribution in [3.8, 4) is 66.8 Å². The van der Waals surface area contributed by atoms with Gasteiger partial charge in [-0.25, -0.2) is 0 Å². The molecule has 0 saturated carbocycles. The normalized spacial score (nSPS) is 12.0. The first-order chi connectivity index (χ1) is 39.6. The van der Waals surface area contributed by atoms with Crippen LogP contribution in [-0.4, -0.2) is 0 Å². The van der Waals surface area contributed by atoms with Gasteiger partial charge < -0.3 is 8.83 Å². The van der Waals surface area contributed by atoms with Gasteiger partial charge in [0.1, 0.15) is 22.3 Å².